The van der Waals surface area contributed by atoms with E-state index in [9.17, 15) is 4.79 Å². The lowest BCUT2D eigenvalue weighted by molar-refractivity contribution is -0.174. The van der Waals surface area contributed by atoms with Gasteiger partial charge < -0.3 is 15.8 Å². The Hall–Kier alpha value is -0.610. The smallest absolute Gasteiger partial charge is 0.240 e. The molecule has 1 saturated carbocycles. The number of rotatable bonds is 1. The van der Waals surface area contributed by atoms with Crippen molar-refractivity contribution in [3.63, 3.8) is 0 Å². The first-order valence-electron chi connectivity index (χ1n) is 5.09. The summed E-state index contributed by atoms with van der Waals surface area (Å²) in [5.74, 6) is 0.131. The van der Waals surface area contributed by atoms with Crippen LogP contribution in [0.5, 0.6) is 0 Å². The highest BCUT2D eigenvalue weighted by atomic mass is 16.5. The molecule has 0 bridgehead atoms. The Morgan fingerprint density at radius 3 is 2.79 bits per heavy atom. The Morgan fingerprint density at radius 2 is 2.21 bits per heavy atom. The largest absolute Gasteiger partial charge is 0.377 e. The first-order valence-corrected chi connectivity index (χ1v) is 5.09. The number of hydrogen-bond acceptors (Lipinski definition) is 3. The zero-order valence-electron chi connectivity index (χ0n) is 8.96. The highest BCUT2D eigenvalue weighted by molar-refractivity contribution is 5.89. The number of likely N-dealkylation sites (N-methyl/N-ethyl adjacent to an activating group) is 1. The predicted molar refractivity (Wildman–Crippen MR) is 52.6 cm³/mol. The summed E-state index contributed by atoms with van der Waals surface area (Å²) >= 11 is 0. The zero-order chi connectivity index (χ0) is 10.6. The summed E-state index contributed by atoms with van der Waals surface area (Å²) in [5.41, 5.74) is 5.22. The quantitative estimate of drug-likeness (QED) is 0.617. The van der Waals surface area contributed by atoms with Gasteiger partial charge in [0.15, 0.2) is 0 Å². The third-order valence-corrected chi connectivity index (χ3v) is 4.06. The van der Waals surface area contributed by atoms with Crippen LogP contribution in [0.25, 0.3) is 0 Å². The zero-order valence-corrected chi connectivity index (χ0v) is 8.96. The van der Waals surface area contributed by atoms with Crippen molar-refractivity contribution in [2.75, 3.05) is 13.7 Å². The maximum absolute atomic E-state index is 11.8. The maximum atomic E-state index is 11.8. The van der Waals surface area contributed by atoms with Gasteiger partial charge in [-0.05, 0) is 6.42 Å². The highest BCUT2D eigenvalue weighted by Gasteiger charge is 2.71. The molecule has 0 spiro atoms. The van der Waals surface area contributed by atoms with Crippen LogP contribution in [-0.4, -0.2) is 31.2 Å². The molecule has 80 valence electrons. The molecule has 3 unspecified atom stereocenters. The molecule has 4 nitrogen and oxygen atoms in total. The van der Waals surface area contributed by atoms with Crippen molar-refractivity contribution in [3.05, 3.63) is 0 Å². The minimum absolute atomic E-state index is 0.0609. The normalized spacial score (nSPS) is 44.0. The van der Waals surface area contributed by atoms with Gasteiger partial charge in [-0.25, -0.2) is 0 Å². The van der Waals surface area contributed by atoms with E-state index in [0.717, 1.165) is 13.0 Å². The molecule has 0 aromatic heterocycles. The third-order valence-electron chi connectivity index (χ3n) is 4.06. The number of hydrogen-bond donors (Lipinski definition) is 2. The molecule has 2 fully saturated rings. The van der Waals surface area contributed by atoms with Crippen LogP contribution >= 0.6 is 0 Å². The third kappa shape index (κ3) is 0.834. The van der Waals surface area contributed by atoms with E-state index in [0.29, 0.717) is 0 Å². The van der Waals surface area contributed by atoms with E-state index < -0.39 is 5.54 Å². The molecule has 14 heavy (non-hydrogen) atoms. The van der Waals surface area contributed by atoms with Gasteiger partial charge in [0, 0.05) is 25.0 Å². The predicted octanol–water partition coefficient (Wildman–Crippen LogP) is -0.125. The van der Waals surface area contributed by atoms with E-state index in [2.05, 4.69) is 5.32 Å². The van der Waals surface area contributed by atoms with Crippen molar-refractivity contribution in [2.45, 2.75) is 31.9 Å². The molecule has 0 aromatic rings. The Kier molecular flexibility index (Phi) is 1.92. The number of ether oxygens (including phenoxy) is 1. The Balaban J connectivity index is 2.31. The standard InChI is InChI=1S/C10H18N2O2/c1-9(2)7-6(4-5-14-7)10(9,11)8(13)12-3/h6-7H,4-5,11H2,1-3H3,(H,12,13). The topological polar surface area (TPSA) is 64.4 Å². The Morgan fingerprint density at radius 1 is 1.57 bits per heavy atom. The second kappa shape index (κ2) is 2.70. The molecule has 0 radical (unpaired) electrons. The molecule has 3 N–H and O–H groups in total. The van der Waals surface area contributed by atoms with Gasteiger partial charge >= 0.3 is 0 Å². The average molecular weight is 198 g/mol. The second-order valence-electron chi connectivity index (χ2n) is 4.86. The van der Waals surface area contributed by atoms with Gasteiger partial charge in [0.1, 0.15) is 5.54 Å². The van der Waals surface area contributed by atoms with Gasteiger partial charge in [-0.15, -0.1) is 0 Å². The molecule has 1 amide bonds. The number of carbonyl (C=O) groups is 1. The van der Waals surface area contributed by atoms with Gasteiger partial charge in [0.05, 0.1) is 6.10 Å². The van der Waals surface area contributed by atoms with Crippen LogP contribution in [0.2, 0.25) is 0 Å². The van der Waals surface area contributed by atoms with Gasteiger partial charge in [-0.2, -0.15) is 0 Å². The highest BCUT2D eigenvalue weighted by Crippen LogP contribution is 2.58. The first-order chi connectivity index (χ1) is 6.46. The molecule has 3 atom stereocenters. The van der Waals surface area contributed by atoms with Crippen LogP contribution in [0.1, 0.15) is 20.3 Å². The van der Waals surface area contributed by atoms with E-state index in [4.69, 9.17) is 10.5 Å². The molecule has 1 heterocycles. The SMILES string of the molecule is CNC(=O)C1(N)C2CCOC2C1(C)C. The molecule has 1 aliphatic heterocycles. The molecule has 1 saturated heterocycles. The Labute approximate surface area is 84.2 Å². The summed E-state index contributed by atoms with van der Waals surface area (Å²) in [5, 5.41) is 2.66. The lowest BCUT2D eigenvalue weighted by Gasteiger charge is -2.60. The van der Waals surface area contributed by atoms with Crippen molar-refractivity contribution < 1.29 is 9.53 Å². The summed E-state index contributed by atoms with van der Waals surface area (Å²) in [6.45, 7) is 4.75. The summed E-state index contributed by atoms with van der Waals surface area (Å²) in [4.78, 5) is 11.8. The lowest BCUT2D eigenvalue weighted by Crippen LogP contribution is -2.79. The second-order valence-corrected chi connectivity index (χ2v) is 4.86. The van der Waals surface area contributed by atoms with E-state index in [1.807, 2.05) is 13.8 Å². The van der Waals surface area contributed by atoms with Crippen LogP contribution in [0.3, 0.4) is 0 Å². The van der Waals surface area contributed by atoms with Gasteiger partial charge in [0.2, 0.25) is 5.91 Å². The number of carbonyl (C=O) groups excluding carboxylic acids is 1. The van der Waals surface area contributed by atoms with Gasteiger partial charge in [-0.3, -0.25) is 4.79 Å². The number of nitrogens with two attached hydrogens (primary N) is 1. The molecule has 4 heteroatoms. The summed E-state index contributed by atoms with van der Waals surface area (Å²) < 4.78 is 5.60. The van der Waals surface area contributed by atoms with Crippen LogP contribution in [-0.2, 0) is 9.53 Å². The van der Waals surface area contributed by atoms with Crippen molar-refractivity contribution in [1.82, 2.24) is 5.32 Å². The fourth-order valence-electron chi connectivity index (χ4n) is 3.05. The molecule has 1 aliphatic carbocycles. The first kappa shape index (κ1) is 9.93. The van der Waals surface area contributed by atoms with Crippen LogP contribution in [0.15, 0.2) is 0 Å². The van der Waals surface area contributed by atoms with Gasteiger partial charge in [0.25, 0.3) is 0 Å². The van der Waals surface area contributed by atoms with Gasteiger partial charge in [-0.1, -0.05) is 13.8 Å². The summed E-state index contributed by atoms with van der Waals surface area (Å²) in [7, 11) is 1.64. The summed E-state index contributed by atoms with van der Waals surface area (Å²) in [6.07, 6.45) is 1.06. The number of fused-ring (bicyclic) bond motifs is 1. The van der Waals surface area contributed by atoms with E-state index in [1.165, 1.54) is 0 Å². The minimum Gasteiger partial charge on any atom is -0.377 e. The molecular weight excluding hydrogens is 180 g/mol. The average Bonchev–Trinajstić information content (AvgIpc) is 2.62. The van der Waals surface area contributed by atoms with E-state index in [-0.39, 0.29) is 23.3 Å². The molecule has 2 aliphatic rings. The monoisotopic (exact) mass is 198 g/mol. The fourth-order valence-corrected chi connectivity index (χ4v) is 3.05. The molecule has 0 aromatic carbocycles. The van der Waals surface area contributed by atoms with E-state index in [1.54, 1.807) is 7.05 Å². The Bertz CT molecular complexity index is 277. The fraction of sp³-hybridized carbons (Fsp3) is 0.900. The number of amides is 1. The number of nitrogens with one attached hydrogen (secondary N) is 1. The lowest BCUT2D eigenvalue weighted by atomic mass is 9.48. The van der Waals surface area contributed by atoms with Crippen molar-refractivity contribution in [2.24, 2.45) is 17.1 Å². The van der Waals surface area contributed by atoms with Crippen LogP contribution in [0.4, 0.5) is 0 Å². The maximum Gasteiger partial charge on any atom is 0.240 e. The minimum atomic E-state index is -0.747. The van der Waals surface area contributed by atoms with E-state index >= 15 is 0 Å². The van der Waals surface area contributed by atoms with Crippen LogP contribution in [0, 0.1) is 11.3 Å². The van der Waals surface area contributed by atoms with Crippen molar-refractivity contribution in [1.29, 1.82) is 0 Å². The van der Waals surface area contributed by atoms with Crippen molar-refractivity contribution >= 4 is 5.91 Å². The van der Waals surface area contributed by atoms with Crippen molar-refractivity contribution in [3.8, 4) is 0 Å². The molecule has 2 rings (SSSR count). The van der Waals surface area contributed by atoms with Crippen LogP contribution < -0.4 is 11.1 Å². The summed E-state index contributed by atoms with van der Waals surface area (Å²) in [6, 6.07) is 0. The molecular formula is C10H18N2O2.